The van der Waals surface area contributed by atoms with Crippen LogP contribution in [0.1, 0.15) is 12.5 Å². The number of nitrogens with one attached hydrogen (secondary N) is 2. The summed E-state index contributed by atoms with van der Waals surface area (Å²) in [5, 5.41) is 6.71. The Labute approximate surface area is 121 Å². The van der Waals surface area contributed by atoms with Crippen LogP contribution in [0.2, 0.25) is 0 Å². The Hall–Kier alpha value is -2.40. The minimum atomic E-state index is 0.164. The summed E-state index contributed by atoms with van der Waals surface area (Å²) in [5.41, 5.74) is 12.1. The minimum absolute atomic E-state index is 0.164. The Balaban J connectivity index is 2.12. The number of nitrogens with zero attached hydrogens (tertiary/aromatic N) is 1. The summed E-state index contributed by atoms with van der Waals surface area (Å²) in [5.74, 6) is 0. The van der Waals surface area contributed by atoms with Gasteiger partial charge < -0.3 is 10.7 Å². The zero-order chi connectivity index (χ0) is 14.1. The topological polar surface area (TPSA) is 66.2 Å². The van der Waals surface area contributed by atoms with Gasteiger partial charge in [0.25, 0.3) is 0 Å². The molecule has 0 bridgehead atoms. The molecule has 0 saturated heterocycles. The lowest BCUT2D eigenvalue weighted by atomic mass is 10.1. The number of para-hydroxylation sites is 1. The van der Waals surface area contributed by atoms with Crippen molar-refractivity contribution in [1.29, 1.82) is 0 Å². The summed E-state index contributed by atoms with van der Waals surface area (Å²) in [6, 6.07) is 14.5. The van der Waals surface area contributed by atoms with Gasteiger partial charge in [0.2, 0.25) is 0 Å². The molecule has 0 aliphatic rings. The van der Waals surface area contributed by atoms with E-state index >= 15 is 0 Å². The number of H-pyrrole nitrogens is 1. The van der Waals surface area contributed by atoms with Gasteiger partial charge >= 0.3 is 0 Å². The van der Waals surface area contributed by atoms with E-state index in [1.165, 1.54) is 10.8 Å². The van der Waals surface area contributed by atoms with Crippen molar-refractivity contribution in [2.75, 3.05) is 0 Å². The van der Waals surface area contributed by atoms with Crippen molar-refractivity contribution in [3.05, 3.63) is 48.0 Å². The smallest absolute Gasteiger partial charge is 0.184 e. The molecular weight excluding hydrogens is 268 g/mol. The van der Waals surface area contributed by atoms with Crippen LogP contribution < -0.4 is 11.2 Å². The highest BCUT2D eigenvalue weighted by Crippen LogP contribution is 2.26. The average molecular weight is 282 g/mol. The Morgan fingerprint density at radius 1 is 1.15 bits per heavy atom. The number of hydrogen-bond donors (Lipinski definition) is 3. The molecule has 0 unspecified atom stereocenters. The van der Waals surface area contributed by atoms with E-state index < -0.39 is 0 Å². The fourth-order valence-electron chi connectivity index (χ4n) is 2.28. The summed E-state index contributed by atoms with van der Waals surface area (Å²) in [6.45, 7) is 1.92. The first-order valence-corrected chi connectivity index (χ1v) is 6.66. The Morgan fingerprint density at radius 2 is 1.90 bits per heavy atom. The van der Waals surface area contributed by atoms with Crippen LogP contribution in [0.3, 0.4) is 0 Å². The van der Waals surface area contributed by atoms with Crippen molar-refractivity contribution >= 4 is 44.8 Å². The first-order chi connectivity index (χ1) is 9.65. The van der Waals surface area contributed by atoms with E-state index in [0.717, 1.165) is 22.3 Å². The molecule has 2 aromatic carbocycles. The standard InChI is InChI=1S/C15H14N4S/c1-9(18-19-15(16)20)10-6-7-14-12(8-10)11-4-2-3-5-13(11)17-14/h2-8,17H,1H3,(H3,16,19,20)/b18-9+. The van der Waals surface area contributed by atoms with Gasteiger partial charge in [-0.15, -0.1) is 0 Å². The summed E-state index contributed by atoms with van der Waals surface area (Å²) in [4.78, 5) is 3.40. The SMILES string of the molecule is C/C(=N\NC(N)=S)c1ccc2[nH]c3ccccc3c2c1. The zero-order valence-corrected chi connectivity index (χ0v) is 11.8. The second-order valence-electron chi connectivity index (χ2n) is 4.60. The summed E-state index contributed by atoms with van der Waals surface area (Å²) in [6.07, 6.45) is 0. The van der Waals surface area contributed by atoms with Crippen molar-refractivity contribution in [3.8, 4) is 0 Å². The van der Waals surface area contributed by atoms with E-state index in [-0.39, 0.29) is 5.11 Å². The van der Waals surface area contributed by atoms with Crippen LogP contribution in [0.4, 0.5) is 0 Å². The highest BCUT2D eigenvalue weighted by Gasteiger charge is 2.05. The summed E-state index contributed by atoms with van der Waals surface area (Å²) in [7, 11) is 0. The molecule has 0 aliphatic carbocycles. The number of hydrazone groups is 1. The van der Waals surface area contributed by atoms with Crippen molar-refractivity contribution in [2.45, 2.75) is 6.92 Å². The lowest BCUT2D eigenvalue weighted by Crippen LogP contribution is -2.25. The maximum atomic E-state index is 5.38. The number of thiocarbonyl (C=S) groups is 1. The number of hydrogen-bond acceptors (Lipinski definition) is 2. The fraction of sp³-hybridized carbons (Fsp3) is 0.0667. The van der Waals surface area contributed by atoms with Crippen molar-refractivity contribution in [3.63, 3.8) is 0 Å². The van der Waals surface area contributed by atoms with E-state index in [1.54, 1.807) is 0 Å². The van der Waals surface area contributed by atoms with E-state index in [4.69, 9.17) is 18.0 Å². The second kappa shape index (κ2) is 4.94. The van der Waals surface area contributed by atoms with Crippen molar-refractivity contribution < 1.29 is 0 Å². The monoisotopic (exact) mass is 282 g/mol. The second-order valence-corrected chi connectivity index (χ2v) is 5.04. The summed E-state index contributed by atoms with van der Waals surface area (Å²) < 4.78 is 0. The van der Waals surface area contributed by atoms with Gasteiger partial charge in [-0.1, -0.05) is 24.3 Å². The largest absolute Gasteiger partial charge is 0.375 e. The predicted molar refractivity (Wildman–Crippen MR) is 87.9 cm³/mol. The first kappa shape index (κ1) is 12.6. The molecule has 20 heavy (non-hydrogen) atoms. The predicted octanol–water partition coefficient (Wildman–Crippen LogP) is 2.88. The lowest BCUT2D eigenvalue weighted by molar-refractivity contribution is 1.03. The van der Waals surface area contributed by atoms with Crippen LogP contribution in [-0.4, -0.2) is 15.8 Å². The molecule has 0 atom stereocenters. The molecule has 1 aromatic heterocycles. The molecule has 5 heteroatoms. The molecule has 4 nitrogen and oxygen atoms in total. The highest BCUT2D eigenvalue weighted by atomic mass is 32.1. The van der Waals surface area contributed by atoms with Gasteiger partial charge in [-0.2, -0.15) is 5.10 Å². The maximum absolute atomic E-state index is 5.38. The Bertz CT molecular complexity index is 832. The molecule has 3 rings (SSSR count). The van der Waals surface area contributed by atoms with Crippen molar-refractivity contribution in [2.24, 2.45) is 10.8 Å². The lowest BCUT2D eigenvalue weighted by Gasteiger charge is -2.02. The van der Waals surface area contributed by atoms with Crippen molar-refractivity contribution in [1.82, 2.24) is 10.4 Å². The van der Waals surface area contributed by atoms with E-state index in [2.05, 4.69) is 39.8 Å². The zero-order valence-electron chi connectivity index (χ0n) is 11.0. The third-order valence-electron chi connectivity index (χ3n) is 3.26. The number of aromatic amines is 1. The van der Waals surface area contributed by atoms with Gasteiger partial charge in [-0.05, 0) is 42.9 Å². The van der Waals surface area contributed by atoms with E-state index in [0.29, 0.717) is 0 Å². The molecule has 3 aromatic rings. The van der Waals surface area contributed by atoms with Gasteiger partial charge in [0, 0.05) is 21.8 Å². The molecular formula is C15H14N4S. The molecule has 0 fully saturated rings. The Morgan fingerprint density at radius 3 is 2.70 bits per heavy atom. The molecule has 4 N–H and O–H groups in total. The first-order valence-electron chi connectivity index (χ1n) is 6.26. The molecule has 100 valence electrons. The third-order valence-corrected chi connectivity index (χ3v) is 3.35. The van der Waals surface area contributed by atoms with E-state index in [9.17, 15) is 0 Å². The van der Waals surface area contributed by atoms with Crippen LogP contribution in [0.15, 0.2) is 47.6 Å². The van der Waals surface area contributed by atoms with Crippen LogP contribution in [-0.2, 0) is 0 Å². The molecule has 0 radical (unpaired) electrons. The molecule has 0 spiro atoms. The van der Waals surface area contributed by atoms with Gasteiger partial charge in [0.1, 0.15) is 0 Å². The molecule has 0 saturated carbocycles. The highest BCUT2D eigenvalue weighted by molar-refractivity contribution is 7.80. The maximum Gasteiger partial charge on any atom is 0.184 e. The number of benzene rings is 2. The number of aromatic nitrogens is 1. The molecule has 0 amide bonds. The van der Waals surface area contributed by atoms with Crippen LogP contribution in [0.25, 0.3) is 21.8 Å². The number of rotatable bonds is 2. The number of fused-ring (bicyclic) bond motifs is 3. The normalized spacial score (nSPS) is 11.9. The quantitative estimate of drug-likeness (QED) is 0.385. The van der Waals surface area contributed by atoms with Gasteiger partial charge in [0.15, 0.2) is 5.11 Å². The van der Waals surface area contributed by atoms with Crippen LogP contribution in [0, 0.1) is 0 Å². The molecule has 0 aliphatic heterocycles. The summed E-state index contributed by atoms with van der Waals surface area (Å²) >= 11 is 4.74. The Kier molecular flexibility index (Phi) is 3.12. The van der Waals surface area contributed by atoms with Crippen LogP contribution in [0.5, 0.6) is 0 Å². The van der Waals surface area contributed by atoms with Gasteiger partial charge in [-0.3, -0.25) is 5.43 Å². The van der Waals surface area contributed by atoms with Crippen LogP contribution >= 0.6 is 12.2 Å². The van der Waals surface area contributed by atoms with Gasteiger partial charge in [-0.25, -0.2) is 0 Å². The fourth-order valence-corrected chi connectivity index (χ4v) is 2.32. The molecule has 1 heterocycles. The van der Waals surface area contributed by atoms with Gasteiger partial charge in [0.05, 0.1) is 5.71 Å². The van der Waals surface area contributed by atoms with E-state index in [1.807, 2.05) is 25.1 Å². The average Bonchev–Trinajstić information content (AvgIpc) is 2.82. The minimum Gasteiger partial charge on any atom is -0.375 e. The number of nitrogens with two attached hydrogens (primary N) is 1. The third kappa shape index (κ3) is 2.23.